The minimum atomic E-state index is -0.0952. The summed E-state index contributed by atoms with van der Waals surface area (Å²) in [5, 5.41) is 3.18. The van der Waals surface area contributed by atoms with Crippen LogP contribution in [0.4, 0.5) is 0 Å². The maximum absolute atomic E-state index is 10.7. The van der Waals surface area contributed by atoms with Gasteiger partial charge in [-0.3, -0.25) is 4.79 Å². The first-order valence-electron chi connectivity index (χ1n) is 4.29. The second-order valence-corrected chi connectivity index (χ2v) is 3.43. The van der Waals surface area contributed by atoms with E-state index in [1.807, 2.05) is 0 Å². The van der Waals surface area contributed by atoms with Crippen LogP contribution in [0.15, 0.2) is 12.7 Å². The van der Waals surface area contributed by atoms with Gasteiger partial charge in [0.15, 0.2) is 0 Å². The molecule has 0 aliphatic heterocycles. The van der Waals surface area contributed by atoms with Gasteiger partial charge in [-0.25, -0.2) is 0 Å². The summed E-state index contributed by atoms with van der Waals surface area (Å²) in [6, 6.07) is 0. The smallest absolute Gasteiger partial charge is 0.243 e. The van der Waals surface area contributed by atoms with Crippen molar-refractivity contribution >= 4 is 18.5 Å². The van der Waals surface area contributed by atoms with Crippen LogP contribution in [0.5, 0.6) is 0 Å². The molecule has 0 aromatic rings. The molecule has 0 aliphatic rings. The fourth-order valence-electron chi connectivity index (χ4n) is 0.826. The number of hydrogen-bond donors (Lipinski definition) is 2. The average Bonchev–Trinajstić information content (AvgIpc) is 2.11. The Kier molecular flexibility index (Phi) is 6.96. The van der Waals surface area contributed by atoms with E-state index in [0.717, 1.165) is 25.8 Å². The van der Waals surface area contributed by atoms with Crippen molar-refractivity contribution in [3.8, 4) is 0 Å². The van der Waals surface area contributed by atoms with Gasteiger partial charge in [0.2, 0.25) is 5.91 Å². The highest BCUT2D eigenvalue weighted by Crippen LogP contribution is 2.07. The molecule has 0 saturated heterocycles. The zero-order chi connectivity index (χ0) is 9.40. The molecular formula is C9H17NOS. The molecule has 70 valence electrons. The summed E-state index contributed by atoms with van der Waals surface area (Å²) in [6.07, 6.45) is 4.41. The summed E-state index contributed by atoms with van der Waals surface area (Å²) in [5.41, 5.74) is 0. The molecule has 1 unspecified atom stereocenters. The summed E-state index contributed by atoms with van der Waals surface area (Å²) in [4.78, 5) is 10.7. The minimum Gasteiger partial charge on any atom is -0.353 e. The number of hydrogen-bond acceptors (Lipinski definition) is 2. The van der Waals surface area contributed by atoms with Gasteiger partial charge < -0.3 is 5.32 Å². The van der Waals surface area contributed by atoms with Crippen molar-refractivity contribution in [1.82, 2.24) is 5.32 Å². The zero-order valence-electron chi connectivity index (χ0n) is 7.55. The van der Waals surface area contributed by atoms with Crippen molar-refractivity contribution in [2.75, 3.05) is 6.54 Å². The Morgan fingerprint density at radius 3 is 2.92 bits per heavy atom. The lowest BCUT2D eigenvalue weighted by Crippen LogP contribution is -2.22. The quantitative estimate of drug-likeness (QED) is 0.370. The fraction of sp³-hybridized carbons (Fsp3) is 0.667. The lowest BCUT2D eigenvalue weighted by Gasteiger charge is -2.06. The third-order valence-electron chi connectivity index (χ3n) is 1.67. The lowest BCUT2D eigenvalue weighted by atomic mass is 10.2. The van der Waals surface area contributed by atoms with Crippen LogP contribution in [0, 0.1) is 0 Å². The summed E-state index contributed by atoms with van der Waals surface area (Å²) < 4.78 is 0. The highest BCUT2D eigenvalue weighted by molar-refractivity contribution is 7.80. The predicted molar refractivity (Wildman–Crippen MR) is 55.5 cm³/mol. The Balaban J connectivity index is 3.21. The molecule has 0 saturated carbocycles. The van der Waals surface area contributed by atoms with Crippen molar-refractivity contribution in [2.24, 2.45) is 0 Å². The number of carbonyl (C=O) groups excluding carboxylic acids is 1. The fourth-order valence-corrected chi connectivity index (χ4v) is 1.01. The Bertz CT molecular complexity index is 147. The van der Waals surface area contributed by atoms with Crippen LogP contribution in [0.25, 0.3) is 0 Å². The van der Waals surface area contributed by atoms with Crippen molar-refractivity contribution in [3.05, 3.63) is 12.7 Å². The molecule has 0 aromatic heterocycles. The van der Waals surface area contributed by atoms with Crippen molar-refractivity contribution in [2.45, 2.75) is 31.4 Å². The molecule has 0 heterocycles. The molecule has 0 aromatic carbocycles. The number of rotatable bonds is 6. The minimum absolute atomic E-state index is 0.0952. The van der Waals surface area contributed by atoms with Gasteiger partial charge >= 0.3 is 0 Å². The van der Waals surface area contributed by atoms with Crippen LogP contribution in [0.1, 0.15) is 26.2 Å². The molecule has 12 heavy (non-hydrogen) atoms. The Morgan fingerprint density at radius 2 is 2.42 bits per heavy atom. The van der Waals surface area contributed by atoms with E-state index >= 15 is 0 Å². The summed E-state index contributed by atoms with van der Waals surface area (Å²) in [6.45, 7) is 6.20. The van der Waals surface area contributed by atoms with Gasteiger partial charge in [0.1, 0.15) is 0 Å². The van der Waals surface area contributed by atoms with Gasteiger partial charge in [0.05, 0.1) is 0 Å². The average molecular weight is 187 g/mol. The second kappa shape index (κ2) is 7.22. The monoisotopic (exact) mass is 187 g/mol. The third kappa shape index (κ3) is 6.28. The molecule has 0 bridgehead atoms. The lowest BCUT2D eigenvalue weighted by molar-refractivity contribution is -0.116. The standard InChI is InChI=1S/C9H17NOS/c1-3-8(12)6-5-7-10-9(11)4-2/h4,8,12H,2-3,5-7H2,1H3,(H,10,11). The first-order chi connectivity index (χ1) is 5.70. The third-order valence-corrected chi connectivity index (χ3v) is 2.29. The Hall–Kier alpha value is -0.440. The molecule has 2 nitrogen and oxygen atoms in total. The van der Waals surface area contributed by atoms with E-state index in [0.29, 0.717) is 5.25 Å². The van der Waals surface area contributed by atoms with E-state index in [2.05, 4.69) is 31.4 Å². The Morgan fingerprint density at radius 1 is 1.75 bits per heavy atom. The van der Waals surface area contributed by atoms with Gasteiger partial charge in [-0.05, 0) is 25.3 Å². The number of nitrogens with one attached hydrogen (secondary N) is 1. The van der Waals surface area contributed by atoms with E-state index in [1.165, 1.54) is 6.08 Å². The van der Waals surface area contributed by atoms with Crippen molar-refractivity contribution in [3.63, 3.8) is 0 Å². The molecule has 0 radical (unpaired) electrons. The molecule has 0 aliphatic carbocycles. The molecule has 3 heteroatoms. The van der Waals surface area contributed by atoms with Crippen LogP contribution in [0.3, 0.4) is 0 Å². The van der Waals surface area contributed by atoms with Crippen molar-refractivity contribution in [1.29, 1.82) is 0 Å². The first-order valence-corrected chi connectivity index (χ1v) is 4.80. The maximum atomic E-state index is 10.7. The Labute approximate surface area is 79.8 Å². The highest BCUT2D eigenvalue weighted by Gasteiger charge is 1.99. The van der Waals surface area contributed by atoms with Gasteiger partial charge in [0, 0.05) is 11.8 Å². The summed E-state index contributed by atoms with van der Waals surface area (Å²) >= 11 is 4.34. The molecule has 1 N–H and O–H groups in total. The van der Waals surface area contributed by atoms with Gasteiger partial charge in [0.25, 0.3) is 0 Å². The van der Waals surface area contributed by atoms with Crippen LogP contribution >= 0.6 is 12.6 Å². The molecule has 0 spiro atoms. The largest absolute Gasteiger partial charge is 0.353 e. The van der Waals surface area contributed by atoms with Crippen LogP contribution < -0.4 is 5.32 Å². The molecule has 1 amide bonds. The SMILES string of the molecule is C=CC(=O)NCCCC(S)CC. The zero-order valence-corrected chi connectivity index (χ0v) is 8.44. The molecule has 1 atom stereocenters. The first kappa shape index (κ1) is 11.6. The van der Waals surface area contributed by atoms with Gasteiger partial charge in [-0.1, -0.05) is 13.5 Å². The summed E-state index contributed by atoms with van der Waals surface area (Å²) in [7, 11) is 0. The molecule has 0 rings (SSSR count). The number of thiol groups is 1. The predicted octanol–water partition coefficient (Wildman–Crippen LogP) is 1.78. The van der Waals surface area contributed by atoms with Gasteiger partial charge in [-0.15, -0.1) is 0 Å². The van der Waals surface area contributed by atoms with E-state index in [4.69, 9.17) is 0 Å². The highest BCUT2D eigenvalue weighted by atomic mass is 32.1. The van der Waals surface area contributed by atoms with Crippen LogP contribution in [0.2, 0.25) is 0 Å². The summed E-state index contributed by atoms with van der Waals surface area (Å²) in [5.74, 6) is -0.0952. The van der Waals surface area contributed by atoms with E-state index in [9.17, 15) is 4.79 Å². The maximum Gasteiger partial charge on any atom is 0.243 e. The van der Waals surface area contributed by atoms with Gasteiger partial charge in [-0.2, -0.15) is 12.6 Å². The second-order valence-electron chi connectivity index (χ2n) is 2.70. The molecular weight excluding hydrogens is 170 g/mol. The normalized spacial score (nSPS) is 12.2. The van der Waals surface area contributed by atoms with E-state index in [1.54, 1.807) is 0 Å². The number of amides is 1. The molecule has 0 fully saturated rings. The van der Waals surface area contributed by atoms with Crippen LogP contribution in [-0.4, -0.2) is 17.7 Å². The topological polar surface area (TPSA) is 29.1 Å². The van der Waals surface area contributed by atoms with E-state index in [-0.39, 0.29) is 5.91 Å². The van der Waals surface area contributed by atoms with Crippen LogP contribution in [-0.2, 0) is 4.79 Å². The van der Waals surface area contributed by atoms with Crippen molar-refractivity contribution < 1.29 is 4.79 Å². The van der Waals surface area contributed by atoms with E-state index < -0.39 is 0 Å². The number of carbonyl (C=O) groups is 1.